The van der Waals surface area contributed by atoms with Crippen LogP contribution in [0, 0.1) is 13.8 Å². The summed E-state index contributed by atoms with van der Waals surface area (Å²) in [6.45, 7) is 9.86. The van der Waals surface area contributed by atoms with E-state index < -0.39 is 0 Å². The number of nitrogens with zero attached hydrogens (tertiary/aromatic N) is 2. The minimum absolute atomic E-state index is 0.148. The van der Waals surface area contributed by atoms with Crippen LogP contribution in [0.3, 0.4) is 0 Å². The molecule has 7 heteroatoms. The molecule has 2 aromatic rings. The summed E-state index contributed by atoms with van der Waals surface area (Å²) in [5.41, 5.74) is 3.44. The third-order valence-electron chi connectivity index (χ3n) is 4.94. The number of morpholine rings is 1. The molecule has 27 heavy (non-hydrogen) atoms. The highest BCUT2D eigenvalue weighted by Gasteiger charge is 2.20. The zero-order chi connectivity index (χ0) is 19.2. The van der Waals surface area contributed by atoms with Crippen molar-refractivity contribution in [1.82, 2.24) is 15.1 Å². The van der Waals surface area contributed by atoms with Crippen molar-refractivity contribution in [3.05, 3.63) is 51.8 Å². The summed E-state index contributed by atoms with van der Waals surface area (Å²) in [6.07, 6.45) is 0.940. The number of aryl methyl sites for hydroxylation is 2. The van der Waals surface area contributed by atoms with Gasteiger partial charge in [0.25, 0.3) is 5.91 Å². The van der Waals surface area contributed by atoms with Gasteiger partial charge in [-0.05, 0) is 19.4 Å². The van der Waals surface area contributed by atoms with Crippen molar-refractivity contribution in [2.45, 2.75) is 26.8 Å². The first-order chi connectivity index (χ1) is 13.0. The van der Waals surface area contributed by atoms with Crippen LogP contribution in [0.2, 0.25) is 5.15 Å². The summed E-state index contributed by atoms with van der Waals surface area (Å²) in [6, 6.07) is 8.22. The minimum Gasteiger partial charge on any atom is -0.370 e. The molecule has 6 nitrogen and oxygen atoms in total. The van der Waals surface area contributed by atoms with Crippen LogP contribution in [0.15, 0.2) is 24.3 Å². The minimum atomic E-state index is -0.148. The van der Waals surface area contributed by atoms with Crippen molar-refractivity contribution < 1.29 is 14.4 Å². The van der Waals surface area contributed by atoms with E-state index in [0.717, 1.165) is 44.8 Å². The fraction of sp³-hybridized carbons (Fsp3) is 0.500. The third-order valence-corrected chi connectivity index (χ3v) is 5.32. The number of quaternary nitrogens is 1. The van der Waals surface area contributed by atoms with Crippen LogP contribution < -0.4 is 10.2 Å². The topological polar surface area (TPSA) is 60.6 Å². The molecule has 1 fully saturated rings. The number of carbonyl (C=O) groups is 1. The van der Waals surface area contributed by atoms with Crippen LogP contribution in [0.4, 0.5) is 0 Å². The van der Waals surface area contributed by atoms with E-state index in [1.165, 1.54) is 10.5 Å². The average molecular weight is 392 g/mol. The monoisotopic (exact) mass is 391 g/mol. The highest BCUT2D eigenvalue weighted by atomic mass is 35.5. The number of benzene rings is 1. The molecule has 1 saturated heterocycles. The summed E-state index contributed by atoms with van der Waals surface area (Å²) in [7, 11) is 0. The van der Waals surface area contributed by atoms with E-state index in [4.69, 9.17) is 16.3 Å². The van der Waals surface area contributed by atoms with Crippen molar-refractivity contribution in [2.24, 2.45) is 0 Å². The van der Waals surface area contributed by atoms with Gasteiger partial charge in [-0.3, -0.25) is 4.79 Å². The predicted molar refractivity (Wildman–Crippen MR) is 106 cm³/mol. The highest BCUT2D eigenvalue weighted by Crippen LogP contribution is 2.21. The number of halogens is 1. The number of carbonyl (C=O) groups excluding carboxylic acids is 1. The average Bonchev–Trinajstić information content (AvgIpc) is 2.95. The molecule has 3 rings (SSSR count). The van der Waals surface area contributed by atoms with Crippen molar-refractivity contribution in [3.8, 4) is 0 Å². The van der Waals surface area contributed by atoms with Gasteiger partial charge < -0.3 is 15.0 Å². The Morgan fingerprint density at radius 3 is 2.67 bits per heavy atom. The molecule has 2 heterocycles. The Hall–Kier alpha value is -1.89. The van der Waals surface area contributed by atoms with Gasteiger partial charge in [-0.25, -0.2) is 4.68 Å². The van der Waals surface area contributed by atoms with E-state index in [-0.39, 0.29) is 5.91 Å². The summed E-state index contributed by atoms with van der Waals surface area (Å²) in [5, 5.41) is 7.83. The third kappa shape index (κ3) is 5.31. The molecule has 1 aliphatic heterocycles. The molecule has 1 aromatic carbocycles. The zero-order valence-corrected chi connectivity index (χ0v) is 16.8. The van der Waals surface area contributed by atoms with E-state index in [2.05, 4.69) is 41.6 Å². The van der Waals surface area contributed by atoms with Crippen LogP contribution in [0.25, 0.3) is 0 Å². The lowest BCUT2D eigenvalue weighted by atomic mass is 10.1. The van der Waals surface area contributed by atoms with Crippen LogP contribution in [0.1, 0.15) is 33.6 Å². The fourth-order valence-electron chi connectivity index (χ4n) is 3.32. The van der Waals surface area contributed by atoms with Gasteiger partial charge >= 0.3 is 0 Å². The molecule has 0 saturated carbocycles. The maximum absolute atomic E-state index is 12.6. The lowest BCUT2D eigenvalue weighted by Gasteiger charge is -2.23. The first-order valence-electron chi connectivity index (χ1n) is 9.52. The lowest BCUT2D eigenvalue weighted by molar-refractivity contribution is -0.908. The molecule has 2 N–H and O–H groups in total. The Balaban J connectivity index is 1.54. The van der Waals surface area contributed by atoms with Crippen LogP contribution in [0.5, 0.6) is 0 Å². The number of hydrogen-bond acceptors (Lipinski definition) is 3. The van der Waals surface area contributed by atoms with E-state index in [1.807, 2.05) is 6.92 Å². The Bertz CT molecular complexity index is 767. The molecule has 0 aliphatic carbocycles. The number of aromatic nitrogens is 2. The maximum Gasteiger partial charge on any atom is 0.256 e. The lowest BCUT2D eigenvalue weighted by Crippen LogP contribution is -3.14. The van der Waals surface area contributed by atoms with E-state index >= 15 is 0 Å². The Morgan fingerprint density at radius 2 is 1.96 bits per heavy atom. The molecule has 146 valence electrons. The SMILES string of the molecule is Cc1ccc(Cn2nc(C)c(C(=O)NCCC[NH+]3CCOCC3)c2Cl)cc1. The van der Waals surface area contributed by atoms with Crippen molar-refractivity contribution in [3.63, 3.8) is 0 Å². The second-order valence-corrected chi connectivity index (χ2v) is 7.47. The smallest absolute Gasteiger partial charge is 0.256 e. The summed E-state index contributed by atoms with van der Waals surface area (Å²) in [5.74, 6) is -0.148. The Labute approximate surface area is 165 Å². The van der Waals surface area contributed by atoms with Gasteiger partial charge in [0.2, 0.25) is 0 Å². The number of rotatable bonds is 7. The first kappa shape index (κ1) is 19.9. The van der Waals surface area contributed by atoms with Crippen molar-refractivity contribution in [1.29, 1.82) is 0 Å². The molecule has 0 bridgehead atoms. The molecule has 0 spiro atoms. The van der Waals surface area contributed by atoms with Crippen molar-refractivity contribution in [2.75, 3.05) is 39.4 Å². The Kier molecular flexibility index (Phi) is 6.88. The number of nitrogens with one attached hydrogen (secondary N) is 2. The molecule has 0 unspecified atom stereocenters. The van der Waals surface area contributed by atoms with Gasteiger partial charge in [-0.1, -0.05) is 41.4 Å². The van der Waals surface area contributed by atoms with Crippen LogP contribution in [-0.2, 0) is 11.3 Å². The van der Waals surface area contributed by atoms with Gasteiger partial charge in [-0.15, -0.1) is 0 Å². The van der Waals surface area contributed by atoms with Gasteiger partial charge in [-0.2, -0.15) is 5.10 Å². The normalized spacial score (nSPS) is 15.1. The first-order valence-corrected chi connectivity index (χ1v) is 9.90. The second kappa shape index (κ2) is 9.35. The molecule has 1 aliphatic rings. The maximum atomic E-state index is 12.6. The molecular formula is C20H28ClN4O2+. The van der Waals surface area contributed by atoms with Gasteiger partial charge in [0.1, 0.15) is 18.2 Å². The largest absolute Gasteiger partial charge is 0.370 e. The number of ether oxygens (including phenoxy) is 1. The summed E-state index contributed by atoms with van der Waals surface area (Å²) in [4.78, 5) is 14.1. The van der Waals surface area contributed by atoms with Crippen LogP contribution in [-0.4, -0.2) is 55.1 Å². The van der Waals surface area contributed by atoms with E-state index in [1.54, 1.807) is 4.68 Å². The van der Waals surface area contributed by atoms with Gasteiger partial charge in [0.15, 0.2) is 0 Å². The van der Waals surface area contributed by atoms with Gasteiger partial charge in [0, 0.05) is 13.0 Å². The molecule has 0 atom stereocenters. The quantitative estimate of drug-likeness (QED) is 0.698. The molecule has 1 amide bonds. The van der Waals surface area contributed by atoms with E-state index in [9.17, 15) is 4.79 Å². The zero-order valence-electron chi connectivity index (χ0n) is 16.1. The highest BCUT2D eigenvalue weighted by molar-refractivity contribution is 6.33. The molecule has 1 aromatic heterocycles. The number of amides is 1. The second-order valence-electron chi connectivity index (χ2n) is 7.12. The number of hydrogen-bond donors (Lipinski definition) is 2. The molecule has 0 radical (unpaired) electrons. The van der Waals surface area contributed by atoms with E-state index in [0.29, 0.717) is 29.5 Å². The molecular weight excluding hydrogens is 364 g/mol. The van der Waals surface area contributed by atoms with Gasteiger partial charge in [0.05, 0.1) is 37.6 Å². The predicted octanol–water partition coefficient (Wildman–Crippen LogP) is 1.24. The standard InChI is InChI=1S/C20H27ClN4O2/c1-15-4-6-17(7-5-15)14-25-19(21)18(16(2)23-25)20(26)22-8-3-9-24-10-12-27-13-11-24/h4-7H,3,8-14H2,1-2H3,(H,22,26)/p+1. The van der Waals surface area contributed by atoms with Crippen molar-refractivity contribution >= 4 is 17.5 Å². The fourth-order valence-corrected chi connectivity index (χ4v) is 3.64. The summed E-state index contributed by atoms with van der Waals surface area (Å²) >= 11 is 6.46. The van der Waals surface area contributed by atoms with Crippen LogP contribution >= 0.6 is 11.6 Å². The summed E-state index contributed by atoms with van der Waals surface area (Å²) < 4.78 is 7.05. The Morgan fingerprint density at radius 1 is 1.26 bits per heavy atom.